The first-order chi connectivity index (χ1) is 12.3. The summed E-state index contributed by atoms with van der Waals surface area (Å²) < 4.78 is 53.4. The van der Waals surface area contributed by atoms with Gasteiger partial charge in [-0.15, -0.1) is 0 Å². The van der Waals surface area contributed by atoms with E-state index in [0.717, 1.165) is 5.56 Å². The summed E-state index contributed by atoms with van der Waals surface area (Å²) in [5.74, 6) is -0.183. The van der Waals surface area contributed by atoms with Crippen molar-refractivity contribution in [2.75, 3.05) is 13.2 Å². The Morgan fingerprint density at radius 3 is 2.73 bits per heavy atom. The first-order valence-electron chi connectivity index (χ1n) is 7.54. The highest BCUT2D eigenvalue weighted by Gasteiger charge is 2.29. The molecule has 26 heavy (non-hydrogen) atoms. The van der Waals surface area contributed by atoms with Crippen molar-refractivity contribution in [2.45, 2.75) is 25.4 Å². The van der Waals surface area contributed by atoms with Crippen LogP contribution in [0.2, 0.25) is 0 Å². The summed E-state index contributed by atoms with van der Waals surface area (Å²) in [6.45, 7) is -0.592. The number of imidazole rings is 1. The van der Waals surface area contributed by atoms with Gasteiger partial charge in [0.05, 0.1) is 13.2 Å². The second kappa shape index (κ2) is 7.20. The number of nitro groups is 1. The van der Waals surface area contributed by atoms with Gasteiger partial charge in [-0.25, -0.2) is 0 Å². The average Bonchev–Trinajstić information content (AvgIpc) is 3.02. The maximum absolute atomic E-state index is 12.1. The van der Waals surface area contributed by atoms with Crippen LogP contribution in [0.3, 0.4) is 0 Å². The zero-order valence-corrected chi connectivity index (χ0v) is 13.3. The summed E-state index contributed by atoms with van der Waals surface area (Å²) in [4.78, 5) is 13.8. The lowest BCUT2D eigenvalue weighted by Crippen LogP contribution is -2.32. The third-order valence-corrected chi connectivity index (χ3v) is 3.52. The fourth-order valence-electron chi connectivity index (χ4n) is 2.32. The first-order valence-corrected chi connectivity index (χ1v) is 7.54. The van der Waals surface area contributed by atoms with E-state index in [4.69, 9.17) is 9.47 Å². The van der Waals surface area contributed by atoms with Crippen LogP contribution < -0.4 is 9.47 Å². The standard InChI is InChI=1S/C15H14F3N3O5/c16-15(17,18)9-26-11-3-1-10(2-4-11)7-24-12-5-20-6-13(21(22)23)19-14(20)25-8-12/h1-4,6,12H,5,7-9H2/t12-/m0/s1. The number of rotatable bonds is 6. The average molecular weight is 373 g/mol. The molecule has 2 aromatic rings. The van der Waals surface area contributed by atoms with E-state index in [9.17, 15) is 23.3 Å². The van der Waals surface area contributed by atoms with Gasteiger partial charge in [0.2, 0.25) is 0 Å². The van der Waals surface area contributed by atoms with Crippen molar-refractivity contribution in [3.63, 3.8) is 0 Å². The number of aromatic nitrogens is 2. The Kier molecular flexibility index (Phi) is 4.98. The largest absolute Gasteiger partial charge is 0.484 e. The number of fused-ring (bicyclic) bond motifs is 1. The predicted molar refractivity (Wildman–Crippen MR) is 80.9 cm³/mol. The van der Waals surface area contributed by atoms with E-state index in [0.29, 0.717) is 6.54 Å². The molecule has 1 aromatic heterocycles. The molecule has 3 rings (SSSR count). The molecule has 0 unspecified atom stereocenters. The number of ether oxygens (including phenoxy) is 3. The number of hydrogen-bond acceptors (Lipinski definition) is 6. The molecule has 0 amide bonds. The molecule has 0 spiro atoms. The van der Waals surface area contributed by atoms with E-state index < -0.39 is 17.7 Å². The van der Waals surface area contributed by atoms with Crippen LogP contribution in [0.25, 0.3) is 0 Å². The molecule has 1 aliphatic rings. The highest BCUT2D eigenvalue weighted by atomic mass is 19.4. The van der Waals surface area contributed by atoms with E-state index in [1.807, 2.05) is 0 Å². The Balaban J connectivity index is 1.50. The predicted octanol–water partition coefficient (Wildman–Crippen LogP) is 2.71. The third-order valence-electron chi connectivity index (χ3n) is 3.52. The molecule has 0 saturated heterocycles. The molecule has 2 heterocycles. The molecular formula is C15H14F3N3O5. The molecule has 140 valence electrons. The van der Waals surface area contributed by atoms with Gasteiger partial charge in [0.1, 0.15) is 24.7 Å². The van der Waals surface area contributed by atoms with Crippen LogP contribution >= 0.6 is 0 Å². The first kappa shape index (κ1) is 18.0. The van der Waals surface area contributed by atoms with Crippen LogP contribution in [-0.2, 0) is 17.9 Å². The maximum Gasteiger partial charge on any atom is 0.422 e. The second-order valence-corrected chi connectivity index (χ2v) is 5.58. The minimum Gasteiger partial charge on any atom is -0.484 e. The van der Waals surface area contributed by atoms with E-state index in [1.165, 1.54) is 22.9 Å². The van der Waals surface area contributed by atoms with Gasteiger partial charge in [-0.2, -0.15) is 13.2 Å². The van der Waals surface area contributed by atoms with Crippen molar-refractivity contribution in [3.05, 3.63) is 46.1 Å². The molecule has 11 heteroatoms. The van der Waals surface area contributed by atoms with E-state index in [2.05, 4.69) is 9.72 Å². The molecule has 0 N–H and O–H groups in total. The van der Waals surface area contributed by atoms with Gasteiger partial charge in [-0.05, 0) is 22.6 Å². The zero-order valence-electron chi connectivity index (χ0n) is 13.3. The van der Waals surface area contributed by atoms with Crippen LogP contribution in [0, 0.1) is 10.1 Å². The van der Waals surface area contributed by atoms with Crippen molar-refractivity contribution in [2.24, 2.45) is 0 Å². The fraction of sp³-hybridized carbons (Fsp3) is 0.400. The number of alkyl halides is 3. The molecule has 0 bridgehead atoms. The van der Waals surface area contributed by atoms with E-state index in [-0.39, 0.29) is 36.9 Å². The molecule has 0 radical (unpaired) electrons. The maximum atomic E-state index is 12.1. The number of hydrogen-bond donors (Lipinski definition) is 0. The van der Waals surface area contributed by atoms with Gasteiger partial charge in [0, 0.05) is 4.98 Å². The lowest BCUT2D eigenvalue weighted by molar-refractivity contribution is -0.389. The minimum atomic E-state index is -4.38. The van der Waals surface area contributed by atoms with Gasteiger partial charge in [-0.1, -0.05) is 12.1 Å². The van der Waals surface area contributed by atoms with Gasteiger partial charge in [-0.3, -0.25) is 4.57 Å². The zero-order chi connectivity index (χ0) is 18.7. The van der Waals surface area contributed by atoms with Gasteiger partial charge >= 0.3 is 18.0 Å². The quantitative estimate of drug-likeness (QED) is 0.571. The Morgan fingerprint density at radius 2 is 2.08 bits per heavy atom. The lowest BCUT2D eigenvalue weighted by Gasteiger charge is -2.22. The number of benzene rings is 1. The summed E-state index contributed by atoms with van der Waals surface area (Å²) in [7, 11) is 0. The van der Waals surface area contributed by atoms with Crippen molar-refractivity contribution < 1.29 is 32.3 Å². The van der Waals surface area contributed by atoms with Gasteiger partial charge < -0.3 is 24.3 Å². The van der Waals surface area contributed by atoms with Gasteiger partial charge in [0.15, 0.2) is 6.61 Å². The third kappa shape index (κ3) is 4.63. The lowest BCUT2D eigenvalue weighted by atomic mass is 10.2. The summed E-state index contributed by atoms with van der Waals surface area (Å²) in [6.07, 6.45) is -3.45. The molecule has 1 aliphatic heterocycles. The van der Waals surface area contributed by atoms with Gasteiger partial charge in [0.25, 0.3) is 0 Å². The number of halogens is 3. The number of nitrogens with zero attached hydrogens (tertiary/aromatic N) is 3. The van der Waals surface area contributed by atoms with E-state index in [1.54, 1.807) is 12.1 Å². The Hall–Kier alpha value is -2.82. The Labute approximate surface area is 145 Å². The normalized spacial score (nSPS) is 16.7. The molecule has 0 saturated carbocycles. The van der Waals surface area contributed by atoms with Crippen molar-refractivity contribution in [1.29, 1.82) is 0 Å². The van der Waals surface area contributed by atoms with Crippen LogP contribution in [-0.4, -0.2) is 40.0 Å². The molecule has 0 aliphatic carbocycles. The van der Waals surface area contributed by atoms with E-state index >= 15 is 0 Å². The monoisotopic (exact) mass is 373 g/mol. The fourth-order valence-corrected chi connectivity index (χ4v) is 2.32. The molecule has 8 nitrogen and oxygen atoms in total. The van der Waals surface area contributed by atoms with Crippen molar-refractivity contribution in [1.82, 2.24) is 9.55 Å². The highest BCUT2D eigenvalue weighted by molar-refractivity contribution is 5.27. The Bertz CT molecular complexity index is 776. The molecular weight excluding hydrogens is 359 g/mol. The van der Waals surface area contributed by atoms with Crippen LogP contribution in [0.4, 0.5) is 19.0 Å². The minimum absolute atomic E-state index is 0.113. The van der Waals surface area contributed by atoms with Crippen LogP contribution in [0.1, 0.15) is 5.56 Å². The van der Waals surface area contributed by atoms with Crippen LogP contribution in [0.5, 0.6) is 11.8 Å². The summed E-state index contributed by atoms with van der Waals surface area (Å²) in [6, 6.07) is 6.23. The summed E-state index contributed by atoms with van der Waals surface area (Å²) in [5, 5.41) is 10.7. The topological polar surface area (TPSA) is 88.7 Å². The molecule has 1 atom stereocenters. The SMILES string of the molecule is O=[N+]([O-])c1cn2c(n1)OC[C@@H](OCc1ccc(OCC(F)(F)F)cc1)C2. The summed E-state index contributed by atoms with van der Waals surface area (Å²) >= 11 is 0. The summed E-state index contributed by atoms with van der Waals surface area (Å²) in [5.41, 5.74) is 0.742. The second-order valence-electron chi connectivity index (χ2n) is 5.58. The highest BCUT2D eigenvalue weighted by Crippen LogP contribution is 2.23. The Morgan fingerprint density at radius 1 is 1.35 bits per heavy atom. The smallest absolute Gasteiger partial charge is 0.422 e. The van der Waals surface area contributed by atoms with Crippen LogP contribution in [0.15, 0.2) is 30.5 Å². The van der Waals surface area contributed by atoms with Crippen molar-refractivity contribution >= 4 is 5.82 Å². The molecule has 1 aromatic carbocycles. The van der Waals surface area contributed by atoms with Crippen molar-refractivity contribution in [3.8, 4) is 11.8 Å². The molecule has 0 fully saturated rings.